The largest absolute Gasteiger partial charge is 0.461 e. The maximum atomic E-state index is 13.4. The second kappa shape index (κ2) is 9.09. The van der Waals surface area contributed by atoms with Crippen molar-refractivity contribution in [2.45, 2.75) is 25.6 Å². The molecule has 0 spiro atoms. The Hall–Kier alpha value is -2.15. The van der Waals surface area contributed by atoms with Crippen LogP contribution < -0.4 is 16.1 Å². The molecule has 1 atom stereocenters. The number of nitrogens with one attached hydrogen (secondary N) is 3. The Morgan fingerprint density at radius 1 is 1.57 bits per heavy atom. The molecule has 0 aromatic heterocycles. The van der Waals surface area contributed by atoms with E-state index in [-0.39, 0.29) is 6.61 Å². The van der Waals surface area contributed by atoms with Crippen molar-refractivity contribution in [1.82, 2.24) is 10.7 Å². The van der Waals surface area contributed by atoms with Crippen LogP contribution in [0.15, 0.2) is 23.3 Å². The summed E-state index contributed by atoms with van der Waals surface area (Å²) in [6.07, 6.45) is 2.32. The number of carbonyl (C=O) groups is 1. The first-order chi connectivity index (χ1) is 11.3. The van der Waals surface area contributed by atoms with Gasteiger partial charge in [0.1, 0.15) is 19.0 Å². The third kappa shape index (κ3) is 4.92. The van der Waals surface area contributed by atoms with Gasteiger partial charge in [-0.3, -0.25) is 4.79 Å². The monoisotopic (exact) mass is 322 g/mol. The van der Waals surface area contributed by atoms with Crippen LogP contribution >= 0.6 is 0 Å². The number of anilines is 1. The molecule has 1 unspecified atom stereocenters. The molecule has 3 N–H and O–H groups in total. The summed E-state index contributed by atoms with van der Waals surface area (Å²) in [6.45, 7) is 1.65. The van der Waals surface area contributed by atoms with E-state index in [2.05, 4.69) is 21.2 Å². The minimum Gasteiger partial charge on any atom is -0.461 e. The van der Waals surface area contributed by atoms with Gasteiger partial charge in [-0.05, 0) is 31.5 Å². The van der Waals surface area contributed by atoms with Gasteiger partial charge < -0.3 is 20.8 Å². The van der Waals surface area contributed by atoms with Gasteiger partial charge in [0.15, 0.2) is 0 Å². The van der Waals surface area contributed by atoms with Crippen molar-refractivity contribution in [2.75, 3.05) is 32.1 Å². The Labute approximate surface area is 135 Å². The molecule has 1 aliphatic heterocycles. The lowest BCUT2D eigenvalue weighted by Crippen LogP contribution is -2.29. The maximum Gasteiger partial charge on any atom is 0.293 e. The van der Waals surface area contributed by atoms with Crippen molar-refractivity contribution >= 4 is 17.9 Å². The number of hydrogen-bond acceptors (Lipinski definition) is 6. The molecule has 23 heavy (non-hydrogen) atoms. The third-order valence-electron chi connectivity index (χ3n) is 3.82. The van der Waals surface area contributed by atoms with Gasteiger partial charge in [-0.2, -0.15) is 5.10 Å². The molecule has 2 rings (SSSR count). The highest BCUT2D eigenvalue weighted by atomic mass is 19.1. The lowest BCUT2D eigenvalue weighted by Gasteiger charge is -2.16. The van der Waals surface area contributed by atoms with E-state index in [1.54, 1.807) is 13.1 Å². The lowest BCUT2D eigenvalue weighted by atomic mass is 10.1. The van der Waals surface area contributed by atoms with Crippen LogP contribution in [0.2, 0.25) is 0 Å². The van der Waals surface area contributed by atoms with E-state index in [4.69, 9.17) is 4.74 Å². The highest BCUT2D eigenvalue weighted by molar-refractivity contribution is 6.02. The number of nitrogens with zero attached hydrogens (tertiary/aromatic N) is 1. The summed E-state index contributed by atoms with van der Waals surface area (Å²) in [5, 5.41) is 10.8. The van der Waals surface area contributed by atoms with E-state index in [1.807, 2.05) is 12.1 Å². The Balaban J connectivity index is 2.10. The zero-order valence-electron chi connectivity index (χ0n) is 13.3. The second-order valence-corrected chi connectivity index (χ2v) is 5.37. The van der Waals surface area contributed by atoms with Gasteiger partial charge in [0.2, 0.25) is 0 Å². The molecule has 7 heteroatoms. The van der Waals surface area contributed by atoms with Gasteiger partial charge in [0.05, 0.1) is 0 Å². The minimum atomic E-state index is -0.574. The molecule has 1 aliphatic rings. The number of carbonyl (C=O) groups excluding carboxylic acids is 1. The van der Waals surface area contributed by atoms with Gasteiger partial charge in [-0.1, -0.05) is 6.07 Å². The van der Waals surface area contributed by atoms with Gasteiger partial charge in [0, 0.05) is 36.4 Å². The SMILES string of the molecule is CN/N=C(\COC=O)c1ccc(NCC2CCCN2)c(CF)c1. The molecular weight excluding hydrogens is 299 g/mol. The fraction of sp³-hybridized carbons (Fsp3) is 0.500. The summed E-state index contributed by atoms with van der Waals surface area (Å²) in [6, 6.07) is 5.85. The fourth-order valence-electron chi connectivity index (χ4n) is 2.65. The Morgan fingerprint density at radius 3 is 3.09 bits per heavy atom. The third-order valence-corrected chi connectivity index (χ3v) is 3.82. The number of hydrogen-bond donors (Lipinski definition) is 3. The molecular formula is C16H23FN4O2. The van der Waals surface area contributed by atoms with E-state index >= 15 is 0 Å². The summed E-state index contributed by atoms with van der Waals surface area (Å²) in [5.41, 5.74) is 5.27. The molecule has 1 saturated heterocycles. The smallest absolute Gasteiger partial charge is 0.293 e. The van der Waals surface area contributed by atoms with Crippen molar-refractivity contribution < 1.29 is 13.9 Å². The molecule has 126 valence electrons. The Bertz CT molecular complexity index is 545. The number of hydrazone groups is 1. The normalized spacial score (nSPS) is 17.8. The summed E-state index contributed by atoms with van der Waals surface area (Å²) in [4.78, 5) is 10.4. The summed E-state index contributed by atoms with van der Waals surface area (Å²) < 4.78 is 18.1. The Morgan fingerprint density at radius 2 is 2.43 bits per heavy atom. The van der Waals surface area contributed by atoms with Crippen molar-refractivity contribution in [3.8, 4) is 0 Å². The summed E-state index contributed by atoms with van der Waals surface area (Å²) >= 11 is 0. The first-order valence-electron chi connectivity index (χ1n) is 7.73. The number of alkyl halides is 1. The molecule has 0 amide bonds. The predicted molar refractivity (Wildman–Crippen MR) is 88.4 cm³/mol. The van der Waals surface area contributed by atoms with Gasteiger partial charge in [-0.15, -0.1) is 0 Å². The van der Waals surface area contributed by atoms with E-state index in [0.29, 0.717) is 23.8 Å². The zero-order valence-corrected chi connectivity index (χ0v) is 13.3. The van der Waals surface area contributed by atoms with E-state index in [1.165, 1.54) is 6.42 Å². The van der Waals surface area contributed by atoms with Crippen molar-refractivity contribution in [3.05, 3.63) is 29.3 Å². The number of ether oxygens (including phenoxy) is 1. The van der Waals surface area contributed by atoms with Crippen LogP contribution in [-0.4, -0.2) is 45.0 Å². The van der Waals surface area contributed by atoms with Crippen LogP contribution in [-0.2, 0) is 16.2 Å². The quantitative estimate of drug-likeness (QED) is 0.364. The maximum absolute atomic E-state index is 13.4. The van der Waals surface area contributed by atoms with Crippen LogP contribution in [0.4, 0.5) is 10.1 Å². The molecule has 1 heterocycles. The lowest BCUT2D eigenvalue weighted by molar-refractivity contribution is -0.127. The molecule has 1 aromatic rings. The predicted octanol–water partition coefficient (Wildman–Crippen LogP) is 1.42. The highest BCUT2D eigenvalue weighted by Crippen LogP contribution is 2.20. The van der Waals surface area contributed by atoms with Crippen LogP contribution in [0.25, 0.3) is 0 Å². The molecule has 0 bridgehead atoms. The topological polar surface area (TPSA) is 74.8 Å². The second-order valence-electron chi connectivity index (χ2n) is 5.37. The molecule has 0 aliphatic carbocycles. The van der Waals surface area contributed by atoms with E-state index < -0.39 is 6.67 Å². The average molecular weight is 322 g/mol. The van der Waals surface area contributed by atoms with Crippen LogP contribution in [0.3, 0.4) is 0 Å². The molecule has 6 nitrogen and oxygen atoms in total. The van der Waals surface area contributed by atoms with Gasteiger partial charge in [0.25, 0.3) is 6.47 Å². The van der Waals surface area contributed by atoms with Crippen LogP contribution in [0.5, 0.6) is 0 Å². The first-order valence-corrected chi connectivity index (χ1v) is 7.73. The number of rotatable bonds is 9. The number of halogens is 1. The summed E-state index contributed by atoms with van der Waals surface area (Å²) in [5.74, 6) is 0. The van der Waals surface area contributed by atoms with Crippen LogP contribution in [0.1, 0.15) is 24.0 Å². The molecule has 0 saturated carbocycles. The van der Waals surface area contributed by atoms with Crippen molar-refractivity contribution in [3.63, 3.8) is 0 Å². The van der Waals surface area contributed by atoms with E-state index in [0.717, 1.165) is 30.8 Å². The van der Waals surface area contributed by atoms with E-state index in [9.17, 15) is 9.18 Å². The first kappa shape index (κ1) is 17.2. The Kier molecular flexibility index (Phi) is 6.80. The van der Waals surface area contributed by atoms with Gasteiger partial charge >= 0.3 is 0 Å². The van der Waals surface area contributed by atoms with Crippen molar-refractivity contribution in [2.24, 2.45) is 5.10 Å². The highest BCUT2D eigenvalue weighted by Gasteiger charge is 2.15. The van der Waals surface area contributed by atoms with Gasteiger partial charge in [-0.25, -0.2) is 4.39 Å². The molecule has 1 aromatic carbocycles. The molecule has 1 fully saturated rings. The fourth-order valence-corrected chi connectivity index (χ4v) is 2.65. The van der Waals surface area contributed by atoms with Crippen molar-refractivity contribution in [1.29, 1.82) is 0 Å². The molecule has 0 radical (unpaired) electrons. The average Bonchev–Trinajstić information content (AvgIpc) is 3.10. The minimum absolute atomic E-state index is 0.0365. The zero-order chi connectivity index (χ0) is 16.5. The van der Waals surface area contributed by atoms with Crippen LogP contribution in [0, 0.1) is 0 Å². The summed E-state index contributed by atoms with van der Waals surface area (Å²) in [7, 11) is 1.65. The number of benzene rings is 1. The standard InChI is InChI=1S/C16H23FN4O2/c1-18-21-16(10-23-11-22)12-4-5-15(13(7-12)8-17)20-9-14-3-2-6-19-14/h4-5,7,11,14,18-20H,2-3,6,8-10H2,1H3/b21-16+.